The van der Waals surface area contributed by atoms with Crippen molar-refractivity contribution in [3.8, 4) is 0 Å². The van der Waals surface area contributed by atoms with Crippen LogP contribution in [0.15, 0.2) is 20.9 Å². The number of aliphatic imine (C=N–C) groups is 1. The van der Waals surface area contributed by atoms with Crippen molar-refractivity contribution in [2.75, 3.05) is 26.3 Å². The fraction of sp³-hybridized carbons (Fsp3) is 0.500. The fourth-order valence-corrected chi connectivity index (χ4v) is 2.86. The molecule has 0 aliphatic carbocycles. The number of hydrogen-bond donors (Lipinski definition) is 1. The van der Waals surface area contributed by atoms with Crippen LogP contribution in [0.4, 0.5) is 0 Å². The van der Waals surface area contributed by atoms with E-state index in [9.17, 15) is 0 Å². The van der Waals surface area contributed by atoms with Gasteiger partial charge in [0.1, 0.15) is 0 Å². The number of hydrogen-bond acceptors (Lipinski definition) is 3. The Morgan fingerprint density at radius 1 is 1.56 bits per heavy atom. The Bertz CT molecular complexity index is 374. The summed E-state index contributed by atoms with van der Waals surface area (Å²) in [6.07, 6.45) is 0. The highest BCUT2D eigenvalue weighted by Gasteiger charge is 2.11. The van der Waals surface area contributed by atoms with Gasteiger partial charge in [0.25, 0.3) is 0 Å². The molecule has 1 aromatic heterocycles. The highest BCUT2D eigenvalue weighted by Crippen LogP contribution is 2.20. The fourth-order valence-electron chi connectivity index (χ4n) is 1.49. The summed E-state index contributed by atoms with van der Waals surface area (Å²) in [5, 5.41) is 2.05. The number of halogens is 1. The summed E-state index contributed by atoms with van der Waals surface area (Å²) in [7, 11) is 0. The van der Waals surface area contributed by atoms with E-state index < -0.39 is 0 Å². The van der Waals surface area contributed by atoms with Gasteiger partial charge in [-0.3, -0.25) is 0 Å². The van der Waals surface area contributed by atoms with Crippen LogP contribution in [0.1, 0.15) is 4.88 Å². The van der Waals surface area contributed by atoms with Crippen LogP contribution >= 0.6 is 27.3 Å². The third-order valence-electron chi connectivity index (χ3n) is 2.35. The summed E-state index contributed by atoms with van der Waals surface area (Å²) in [6, 6.07) is 2.07. The van der Waals surface area contributed by atoms with Gasteiger partial charge in [0.05, 0.1) is 19.8 Å². The van der Waals surface area contributed by atoms with Gasteiger partial charge in [-0.1, -0.05) is 0 Å². The van der Waals surface area contributed by atoms with Crippen molar-refractivity contribution in [3.63, 3.8) is 0 Å². The van der Waals surface area contributed by atoms with Crippen molar-refractivity contribution in [1.29, 1.82) is 0 Å². The molecule has 1 saturated heterocycles. The minimum absolute atomic E-state index is 0.618. The molecule has 1 fully saturated rings. The van der Waals surface area contributed by atoms with Gasteiger partial charge in [0, 0.05) is 27.8 Å². The second-order valence-electron chi connectivity index (χ2n) is 3.51. The molecule has 2 heterocycles. The lowest BCUT2D eigenvalue weighted by Crippen LogP contribution is -2.44. The van der Waals surface area contributed by atoms with E-state index in [1.807, 2.05) is 0 Å². The van der Waals surface area contributed by atoms with Crippen LogP contribution in [0, 0.1) is 0 Å². The zero-order valence-corrected chi connectivity index (χ0v) is 11.3. The summed E-state index contributed by atoms with van der Waals surface area (Å²) in [4.78, 5) is 7.66. The molecule has 4 nitrogen and oxygen atoms in total. The molecule has 0 atom stereocenters. The first-order valence-corrected chi connectivity index (χ1v) is 6.78. The Morgan fingerprint density at radius 2 is 2.31 bits per heavy atom. The number of guanidine groups is 1. The number of thiophene rings is 1. The van der Waals surface area contributed by atoms with Gasteiger partial charge in [-0.05, 0) is 22.0 Å². The van der Waals surface area contributed by atoms with Crippen LogP contribution < -0.4 is 5.73 Å². The first kappa shape index (κ1) is 11.9. The predicted molar refractivity (Wildman–Crippen MR) is 69.7 cm³/mol. The van der Waals surface area contributed by atoms with Crippen LogP contribution in [-0.2, 0) is 11.3 Å². The van der Waals surface area contributed by atoms with Gasteiger partial charge < -0.3 is 15.4 Å². The third kappa shape index (κ3) is 3.20. The van der Waals surface area contributed by atoms with Crippen molar-refractivity contribution >= 4 is 33.2 Å². The van der Waals surface area contributed by atoms with E-state index in [1.165, 1.54) is 4.88 Å². The first-order valence-electron chi connectivity index (χ1n) is 5.11. The van der Waals surface area contributed by atoms with E-state index in [1.54, 1.807) is 11.3 Å². The quantitative estimate of drug-likeness (QED) is 0.668. The largest absolute Gasteiger partial charge is 0.378 e. The molecule has 0 radical (unpaired) electrons. The summed E-state index contributed by atoms with van der Waals surface area (Å²) >= 11 is 5.10. The van der Waals surface area contributed by atoms with Gasteiger partial charge in [-0.2, -0.15) is 0 Å². The van der Waals surface area contributed by atoms with Gasteiger partial charge in [0.2, 0.25) is 0 Å². The summed E-state index contributed by atoms with van der Waals surface area (Å²) in [6.45, 7) is 3.80. The Labute approximate surface area is 107 Å². The van der Waals surface area contributed by atoms with E-state index in [2.05, 4.69) is 37.3 Å². The molecule has 0 bridgehead atoms. The van der Waals surface area contributed by atoms with E-state index in [0.29, 0.717) is 12.5 Å². The van der Waals surface area contributed by atoms with Crippen LogP contribution in [0.3, 0.4) is 0 Å². The molecule has 88 valence electrons. The molecule has 0 amide bonds. The van der Waals surface area contributed by atoms with Crippen molar-refractivity contribution in [1.82, 2.24) is 4.90 Å². The Hall–Kier alpha value is -0.590. The molecule has 0 aromatic carbocycles. The molecule has 0 spiro atoms. The second-order valence-corrected chi connectivity index (χ2v) is 5.42. The molecular weight excluding hydrogens is 290 g/mol. The second kappa shape index (κ2) is 5.65. The Morgan fingerprint density at radius 3 is 2.94 bits per heavy atom. The highest BCUT2D eigenvalue weighted by molar-refractivity contribution is 9.10. The zero-order valence-electron chi connectivity index (χ0n) is 8.86. The van der Waals surface area contributed by atoms with Crippen LogP contribution in [0.2, 0.25) is 0 Å². The minimum Gasteiger partial charge on any atom is -0.378 e. The summed E-state index contributed by atoms with van der Waals surface area (Å²) < 4.78 is 6.36. The third-order valence-corrected chi connectivity index (χ3v) is 4.04. The monoisotopic (exact) mass is 303 g/mol. The van der Waals surface area contributed by atoms with Gasteiger partial charge >= 0.3 is 0 Å². The number of ether oxygens (including phenoxy) is 1. The molecule has 2 N–H and O–H groups in total. The molecule has 1 aliphatic rings. The number of rotatable bonds is 2. The van der Waals surface area contributed by atoms with Crippen molar-refractivity contribution < 1.29 is 4.74 Å². The molecule has 0 unspecified atom stereocenters. The topological polar surface area (TPSA) is 50.8 Å². The number of nitrogens with zero attached hydrogens (tertiary/aromatic N) is 2. The maximum absolute atomic E-state index is 5.92. The molecule has 16 heavy (non-hydrogen) atoms. The van der Waals surface area contributed by atoms with E-state index in [0.717, 1.165) is 30.8 Å². The average Bonchev–Trinajstić information content (AvgIpc) is 2.73. The average molecular weight is 304 g/mol. The number of nitrogens with two attached hydrogens (primary N) is 1. The van der Waals surface area contributed by atoms with E-state index in [4.69, 9.17) is 10.5 Å². The molecular formula is C10H14BrN3OS. The minimum atomic E-state index is 0.618. The molecule has 1 aliphatic heterocycles. The maximum Gasteiger partial charge on any atom is 0.191 e. The van der Waals surface area contributed by atoms with Gasteiger partial charge in [-0.25, -0.2) is 4.99 Å². The summed E-state index contributed by atoms with van der Waals surface area (Å²) in [5.74, 6) is 0.618. The maximum atomic E-state index is 5.92. The Balaban J connectivity index is 1.90. The zero-order chi connectivity index (χ0) is 11.4. The van der Waals surface area contributed by atoms with E-state index in [-0.39, 0.29) is 0 Å². The smallest absolute Gasteiger partial charge is 0.191 e. The first-order chi connectivity index (χ1) is 7.75. The lowest BCUT2D eigenvalue weighted by atomic mass is 10.4. The van der Waals surface area contributed by atoms with Crippen molar-refractivity contribution in [2.45, 2.75) is 6.54 Å². The molecule has 0 saturated carbocycles. The normalized spacial score (nSPS) is 17.8. The van der Waals surface area contributed by atoms with Gasteiger partial charge in [0.15, 0.2) is 5.96 Å². The van der Waals surface area contributed by atoms with Crippen LogP contribution in [-0.4, -0.2) is 37.2 Å². The molecule has 2 rings (SSSR count). The standard InChI is InChI=1S/C10H14BrN3OS/c11-8-5-9(16-7-8)6-13-10(12)14-1-3-15-4-2-14/h5,7H,1-4,6H2,(H2,12,13). The molecule has 1 aromatic rings. The Kier molecular flexibility index (Phi) is 4.20. The van der Waals surface area contributed by atoms with Crippen LogP contribution in [0.5, 0.6) is 0 Å². The number of morpholine rings is 1. The van der Waals surface area contributed by atoms with Crippen molar-refractivity contribution in [2.24, 2.45) is 10.7 Å². The van der Waals surface area contributed by atoms with Crippen molar-refractivity contribution in [3.05, 3.63) is 20.8 Å². The predicted octanol–water partition coefficient (Wildman–Crippen LogP) is 1.66. The lowest BCUT2D eigenvalue weighted by molar-refractivity contribution is 0.0674. The lowest BCUT2D eigenvalue weighted by Gasteiger charge is -2.27. The van der Waals surface area contributed by atoms with Gasteiger partial charge in [-0.15, -0.1) is 11.3 Å². The van der Waals surface area contributed by atoms with Crippen LogP contribution in [0.25, 0.3) is 0 Å². The molecule has 6 heteroatoms. The van der Waals surface area contributed by atoms with E-state index >= 15 is 0 Å². The SMILES string of the molecule is NC(=NCc1cc(Br)cs1)N1CCOCC1. The highest BCUT2D eigenvalue weighted by atomic mass is 79.9. The summed E-state index contributed by atoms with van der Waals surface area (Å²) in [5.41, 5.74) is 5.92.